The number of carbonyl (C=O) groups excluding carboxylic acids is 1. The molecule has 0 radical (unpaired) electrons. The number of nitrogens with zero attached hydrogens (tertiary/aromatic N) is 2. The van der Waals surface area contributed by atoms with Crippen molar-refractivity contribution in [1.29, 1.82) is 0 Å². The second-order valence-electron chi connectivity index (χ2n) is 7.34. The van der Waals surface area contributed by atoms with Crippen LogP contribution in [0.15, 0.2) is 41.3 Å². The minimum absolute atomic E-state index is 0.0511. The Hall–Kier alpha value is -3.18. The summed E-state index contributed by atoms with van der Waals surface area (Å²) >= 11 is 0. The molecule has 0 bridgehead atoms. The summed E-state index contributed by atoms with van der Waals surface area (Å²) in [5.41, 5.74) is -0.246. The average molecular weight is 494 g/mol. The van der Waals surface area contributed by atoms with Gasteiger partial charge in [0.15, 0.2) is 11.5 Å². The summed E-state index contributed by atoms with van der Waals surface area (Å²) in [6, 6.07) is 8.02. The van der Waals surface area contributed by atoms with Crippen LogP contribution in [0.4, 0.5) is 11.4 Å². The first-order valence-electron chi connectivity index (χ1n) is 11.2. The lowest BCUT2D eigenvalue weighted by Crippen LogP contribution is -2.30. The van der Waals surface area contributed by atoms with Crippen LogP contribution in [0.25, 0.3) is 0 Å². The Kier molecular flexibility index (Phi) is 9.82. The van der Waals surface area contributed by atoms with Crippen molar-refractivity contribution in [3.8, 4) is 11.5 Å². The summed E-state index contributed by atoms with van der Waals surface area (Å²) in [7, 11) is -3.67. The molecule has 1 amide bonds. The molecule has 0 fully saturated rings. The van der Waals surface area contributed by atoms with E-state index in [0.29, 0.717) is 39.1 Å². The van der Waals surface area contributed by atoms with Gasteiger partial charge in [-0.1, -0.05) is 27.7 Å². The maximum absolute atomic E-state index is 12.8. The third-order valence-corrected chi connectivity index (χ3v) is 6.95. The van der Waals surface area contributed by atoms with Crippen molar-refractivity contribution in [3.05, 3.63) is 52.1 Å². The molecule has 0 saturated heterocycles. The number of anilines is 1. The van der Waals surface area contributed by atoms with E-state index in [1.165, 1.54) is 40.7 Å². The molecular weight excluding hydrogens is 462 g/mol. The van der Waals surface area contributed by atoms with Crippen molar-refractivity contribution in [2.75, 3.05) is 31.6 Å². The molecule has 0 heterocycles. The van der Waals surface area contributed by atoms with Crippen molar-refractivity contribution < 1.29 is 27.6 Å². The second kappa shape index (κ2) is 12.3. The number of amides is 1. The maximum Gasteiger partial charge on any atom is 0.296 e. The van der Waals surface area contributed by atoms with Crippen molar-refractivity contribution in [2.24, 2.45) is 0 Å². The molecule has 186 valence electrons. The Balaban J connectivity index is 2.36. The monoisotopic (exact) mass is 493 g/mol. The average Bonchev–Trinajstić information content (AvgIpc) is 2.82. The lowest BCUT2D eigenvalue weighted by molar-refractivity contribution is -0.384. The molecule has 2 rings (SSSR count). The molecule has 0 aliphatic rings. The zero-order chi connectivity index (χ0) is 25.3. The van der Waals surface area contributed by atoms with Crippen molar-refractivity contribution >= 4 is 27.3 Å². The first kappa shape index (κ1) is 27.1. The number of hydrogen-bond donors (Lipinski definition) is 1. The highest BCUT2D eigenvalue weighted by molar-refractivity contribution is 7.89. The summed E-state index contributed by atoms with van der Waals surface area (Å²) in [6.07, 6.45) is 1.42. The van der Waals surface area contributed by atoms with Crippen molar-refractivity contribution in [2.45, 2.75) is 45.4 Å². The predicted octanol–water partition coefficient (Wildman–Crippen LogP) is 4.46. The molecule has 0 aliphatic carbocycles. The summed E-state index contributed by atoms with van der Waals surface area (Å²) in [4.78, 5) is 23.9. The first-order valence-corrected chi connectivity index (χ1v) is 12.6. The molecule has 1 N–H and O–H groups in total. The van der Waals surface area contributed by atoms with Crippen LogP contribution >= 0.6 is 0 Å². The van der Waals surface area contributed by atoms with Crippen LogP contribution in [0.3, 0.4) is 0 Å². The number of hydrogen-bond acceptors (Lipinski definition) is 7. The van der Waals surface area contributed by atoms with Crippen LogP contribution in [0.5, 0.6) is 11.5 Å². The maximum atomic E-state index is 12.8. The molecule has 0 aliphatic heterocycles. The van der Waals surface area contributed by atoms with E-state index >= 15 is 0 Å². The third-order valence-electron chi connectivity index (χ3n) is 4.89. The van der Waals surface area contributed by atoms with Gasteiger partial charge in [0.05, 0.1) is 29.1 Å². The van der Waals surface area contributed by atoms with E-state index in [9.17, 15) is 23.3 Å². The van der Waals surface area contributed by atoms with Crippen LogP contribution < -0.4 is 14.8 Å². The molecule has 0 unspecified atom stereocenters. The first-order chi connectivity index (χ1) is 16.2. The summed E-state index contributed by atoms with van der Waals surface area (Å²) in [6.45, 7) is 8.69. The van der Waals surface area contributed by atoms with Gasteiger partial charge < -0.3 is 14.8 Å². The van der Waals surface area contributed by atoms with Gasteiger partial charge in [0, 0.05) is 24.7 Å². The zero-order valence-corrected chi connectivity index (χ0v) is 20.7. The third kappa shape index (κ3) is 6.45. The van der Waals surface area contributed by atoms with Crippen LogP contribution in [-0.4, -0.2) is 49.9 Å². The van der Waals surface area contributed by atoms with Crippen molar-refractivity contribution in [1.82, 2.24) is 4.31 Å². The lowest BCUT2D eigenvalue weighted by Gasteiger charge is -2.18. The SMILES string of the molecule is CCCOc1cc(NC(=O)c2ccc(S(=O)(=O)N(CC)CC)cc2)c([N+](=O)[O-])cc1OCCC. The number of ether oxygens (including phenoxy) is 2. The fraction of sp³-hybridized carbons (Fsp3) is 0.435. The molecule has 0 spiro atoms. The van der Waals surface area contributed by atoms with Gasteiger partial charge in [-0.15, -0.1) is 0 Å². The van der Waals surface area contributed by atoms with E-state index in [-0.39, 0.29) is 33.3 Å². The van der Waals surface area contributed by atoms with Crippen molar-refractivity contribution in [3.63, 3.8) is 0 Å². The lowest BCUT2D eigenvalue weighted by atomic mass is 10.2. The highest BCUT2D eigenvalue weighted by atomic mass is 32.2. The molecule has 2 aromatic rings. The van der Waals surface area contributed by atoms with Gasteiger partial charge in [-0.2, -0.15) is 4.31 Å². The summed E-state index contributed by atoms with van der Waals surface area (Å²) < 4.78 is 37.9. The van der Waals surface area contributed by atoms with Crippen LogP contribution in [0, 0.1) is 10.1 Å². The molecule has 34 heavy (non-hydrogen) atoms. The van der Waals surface area contributed by atoms with Gasteiger partial charge in [-0.05, 0) is 37.1 Å². The topological polar surface area (TPSA) is 128 Å². The van der Waals surface area contributed by atoms with Gasteiger partial charge in [-0.25, -0.2) is 8.42 Å². The summed E-state index contributed by atoms with van der Waals surface area (Å²) in [5.74, 6) is -0.110. The standard InChI is InChI=1S/C23H31N3O7S/c1-5-13-32-21-15-19(20(26(28)29)16-22(21)33-14-6-2)24-23(27)17-9-11-18(12-10-17)34(30,31)25(7-3)8-4/h9-12,15-16H,5-8,13-14H2,1-4H3,(H,24,27). The predicted molar refractivity (Wildman–Crippen MR) is 129 cm³/mol. The fourth-order valence-corrected chi connectivity index (χ4v) is 4.59. The van der Waals surface area contributed by atoms with E-state index in [1.54, 1.807) is 13.8 Å². The largest absolute Gasteiger partial charge is 0.490 e. The Morgan fingerprint density at radius 2 is 1.50 bits per heavy atom. The number of nitro groups is 1. The second-order valence-corrected chi connectivity index (χ2v) is 9.28. The van der Waals surface area contributed by atoms with Gasteiger partial charge >= 0.3 is 0 Å². The number of nitro benzene ring substituents is 1. The van der Waals surface area contributed by atoms with Gasteiger partial charge in [-0.3, -0.25) is 14.9 Å². The van der Waals surface area contributed by atoms with Crippen LogP contribution in [0.2, 0.25) is 0 Å². The Morgan fingerprint density at radius 3 is 1.97 bits per heavy atom. The normalized spacial score (nSPS) is 11.3. The molecule has 0 saturated carbocycles. The minimum Gasteiger partial charge on any atom is -0.490 e. The summed E-state index contributed by atoms with van der Waals surface area (Å²) in [5, 5.41) is 14.2. The molecule has 0 atom stereocenters. The zero-order valence-electron chi connectivity index (χ0n) is 19.9. The molecule has 2 aromatic carbocycles. The van der Waals surface area contributed by atoms with Gasteiger partial charge in [0.25, 0.3) is 11.6 Å². The Bertz CT molecular complexity index is 1100. The highest BCUT2D eigenvalue weighted by Crippen LogP contribution is 2.38. The number of nitrogens with one attached hydrogen (secondary N) is 1. The van der Waals surface area contributed by atoms with E-state index in [0.717, 1.165) is 0 Å². The number of carbonyl (C=O) groups is 1. The molecular formula is C23H31N3O7S. The Labute approximate surface area is 200 Å². The van der Waals surface area contributed by atoms with E-state index < -0.39 is 20.9 Å². The highest BCUT2D eigenvalue weighted by Gasteiger charge is 2.24. The number of sulfonamides is 1. The smallest absolute Gasteiger partial charge is 0.296 e. The van der Waals surface area contributed by atoms with Crippen LogP contribution in [0.1, 0.15) is 50.9 Å². The van der Waals surface area contributed by atoms with E-state index in [1.807, 2.05) is 13.8 Å². The molecule has 11 heteroatoms. The molecule has 0 aromatic heterocycles. The number of rotatable bonds is 13. The van der Waals surface area contributed by atoms with E-state index in [2.05, 4.69) is 5.32 Å². The van der Waals surface area contributed by atoms with Gasteiger partial charge in [0.1, 0.15) is 5.69 Å². The fourth-order valence-electron chi connectivity index (χ4n) is 3.14. The van der Waals surface area contributed by atoms with E-state index in [4.69, 9.17) is 9.47 Å². The number of benzene rings is 2. The Morgan fingerprint density at radius 1 is 0.971 bits per heavy atom. The minimum atomic E-state index is -3.67. The molecule has 10 nitrogen and oxygen atoms in total. The van der Waals surface area contributed by atoms with Crippen LogP contribution in [-0.2, 0) is 10.0 Å². The quantitative estimate of drug-likeness (QED) is 0.322. The van der Waals surface area contributed by atoms with Gasteiger partial charge in [0.2, 0.25) is 10.0 Å².